The Morgan fingerprint density at radius 1 is 1.47 bits per heavy atom. The molecular formula is C13H19NO3. The number of hydrogen-bond acceptors (Lipinski definition) is 3. The minimum atomic E-state index is -0.126. The summed E-state index contributed by atoms with van der Waals surface area (Å²) in [5.41, 5.74) is 0.585. The summed E-state index contributed by atoms with van der Waals surface area (Å²) in [7, 11) is 0. The highest BCUT2D eigenvalue weighted by atomic mass is 16.5. The van der Waals surface area contributed by atoms with Gasteiger partial charge in [-0.05, 0) is 20.3 Å². The van der Waals surface area contributed by atoms with Crippen LogP contribution in [0.1, 0.15) is 32.4 Å². The molecule has 0 unspecified atom stereocenters. The van der Waals surface area contributed by atoms with Gasteiger partial charge in [-0.15, -0.1) is 0 Å². The van der Waals surface area contributed by atoms with Crippen molar-refractivity contribution in [2.45, 2.75) is 40.2 Å². The van der Waals surface area contributed by atoms with E-state index in [1.807, 2.05) is 0 Å². The molecule has 1 heterocycles. The predicted octanol–water partition coefficient (Wildman–Crippen LogP) is 1.92. The van der Waals surface area contributed by atoms with Crippen LogP contribution in [0.25, 0.3) is 0 Å². The molecule has 0 aliphatic rings. The van der Waals surface area contributed by atoms with Gasteiger partial charge in [0.15, 0.2) is 5.75 Å². The molecule has 0 spiro atoms. The summed E-state index contributed by atoms with van der Waals surface area (Å²) in [6.07, 6.45) is 3.57. The first kappa shape index (κ1) is 13.5. The lowest BCUT2D eigenvalue weighted by molar-refractivity contribution is -0.117. The van der Waals surface area contributed by atoms with Crippen LogP contribution in [0.5, 0.6) is 5.75 Å². The molecule has 0 aromatic carbocycles. The van der Waals surface area contributed by atoms with E-state index in [9.17, 15) is 9.59 Å². The molecule has 0 saturated carbocycles. The average molecular weight is 237 g/mol. The van der Waals surface area contributed by atoms with Crippen molar-refractivity contribution in [2.75, 3.05) is 6.61 Å². The van der Waals surface area contributed by atoms with Crippen LogP contribution in [0.4, 0.5) is 0 Å². The summed E-state index contributed by atoms with van der Waals surface area (Å²) < 4.78 is 7.23. The summed E-state index contributed by atoms with van der Waals surface area (Å²) in [4.78, 5) is 22.7. The third kappa shape index (κ3) is 3.73. The first-order chi connectivity index (χ1) is 8.06. The predicted molar refractivity (Wildman–Crippen MR) is 66.5 cm³/mol. The molecule has 0 aliphatic carbocycles. The molecule has 1 aromatic rings. The molecule has 17 heavy (non-hydrogen) atoms. The molecule has 0 N–H and O–H groups in total. The van der Waals surface area contributed by atoms with Gasteiger partial charge in [-0.2, -0.15) is 0 Å². The monoisotopic (exact) mass is 237 g/mol. The maximum atomic E-state index is 11.6. The highest BCUT2D eigenvalue weighted by Crippen LogP contribution is 2.12. The Morgan fingerprint density at radius 2 is 2.18 bits per heavy atom. The molecule has 1 rings (SSSR count). The molecular weight excluding hydrogens is 218 g/mol. The summed E-state index contributed by atoms with van der Waals surface area (Å²) in [6, 6.07) is 1.44. The number of hydrogen-bond donors (Lipinski definition) is 0. The molecule has 0 atom stereocenters. The van der Waals surface area contributed by atoms with Gasteiger partial charge in [0.05, 0.1) is 18.8 Å². The third-order valence-electron chi connectivity index (χ3n) is 2.53. The van der Waals surface area contributed by atoms with Gasteiger partial charge in [-0.1, -0.05) is 13.3 Å². The molecule has 94 valence electrons. The number of ketones is 1. The van der Waals surface area contributed by atoms with Gasteiger partial charge >= 0.3 is 0 Å². The van der Waals surface area contributed by atoms with Gasteiger partial charge in [0.25, 0.3) is 0 Å². The van der Waals surface area contributed by atoms with E-state index in [-0.39, 0.29) is 17.8 Å². The van der Waals surface area contributed by atoms with Gasteiger partial charge < -0.3 is 9.30 Å². The van der Waals surface area contributed by atoms with Crippen molar-refractivity contribution in [1.29, 1.82) is 0 Å². The van der Waals surface area contributed by atoms with E-state index in [0.717, 1.165) is 12.8 Å². The summed E-state index contributed by atoms with van der Waals surface area (Å²) in [5.74, 6) is 0.415. The fourth-order valence-corrected chi connectivity index (χ4v) is 1.56. The molecule has 0 fully saturated rings. The number of rotatable bonds is 6. The van der Waals surface area contributed by atoms with E-state index in [1.165, 1.54) is 13.0 Å². The highest BCUT2D eigenvalue weighted by Gasteiger charge is 2.09. The maximum Gasteiger partial charge on any atom is 0.223 e. The largest absolute Gasteiger partial charge is 0.488 e. The van der Waals surface area contributed by atoms with Gasteiger partial charge in [0, 0.05) is 12.3 Å². The van der Waals surface area contributed by atoms with Gasteiger partial charge in [0.2, 0.25) is 5.43 Å². The fraction of sp³-hybridized carbons (Fsp3) is 0.538. The standard InChI is InChI=1S/C13H19NO3/c1-4-5-8-17-13-11(3)14(9-10(2)15)7-6-12(13)16/h6-7H,4-5,8-9H2,1-3H3. The number of ether oxygens (including phenoxy) is 1. The van der Waals surface area contributed by atoms with Crippen LogP contribution in [-0.4, -0.2) is 17.0 Å². The Balaban J connectivity index is 2.94. The molecule has 0 bridgehead atoms. The van der Waals surface area contributed by atoms with Crippen molar-refractivity contribution in [3.8, 4) is 5.75 Å². The van der Waals surface area contributed by atoms with Crippen molar-refractivity contribution >= 4 is 5.78 Å². The van der Waals surface area contributed by atoms with Crippen molar-refractivity contribution in [1.82, 2.24) is 4.57 Å². The Bertz CT molecular complexity index is 448. The minimum absolute atomic E-state index is 0.0521. The van der Waals surface area contributed by atoms with Crippen molar-refractivity contribution in [3.05, 3.63) is 28.2 Å². The number of unbranched alkanes of at least 4 members (excludes halogenated alkanes) is 1. The van der Waals surface area contributed by atoms with Gasteiger partial charge in [-0.3, -0.25) is 9.59 Å². The van der Waals surface area contributed by atoms with E-state index in [1.54, 1.807) is 17.7 Å². The van der Waals surface area contributed by atoms with Crippen molar-refractivity contribution in [3.63, 3.8) is 0 Å². The van der Waals surface area contributed by atoms with Gasteiger partial charge in [0.1, 0.15) is 5.78 Å². The quantitative estimate of drug-likeness (QED) is 0.710. The van der Waals surface area contributed by atoms with Crippen LogP contribution in [0.15, 0.2) is 17.1 Å². The third-order valence-corrected chi connectivity index (χ3v) is 2.53. The number of aromatic nitrogens is 1. The number of pyridine rings is 1. The maximum absolute atomic E-state index is 11.6. The average Bonchev–Trinajstić information content (AvgIpc) is 2.27. The van der Waals surface area contributed by atoms with Crippen molar-refractivity contribution < 1.29 is 9.53 Å². The van der Waals surface area contributed by atoms with Crippen LogP contribution < -0.4 is 10.2 Å². The molecule has 0 saturated heterocycles. The second kappa shape index (κ2) is 6.23. The lowest BCUT2D eigenvalue weighted by Gasteiger charge is -2.13. The molecule has 0 amide bonds. The number of Topliss-reactive ketones (excluding diaryl/α,β-unsaturated/α-hetero) is 1. The first-order valence-corrected chi connectivity index (χ1v) is 5.88. The molecule has 1 aromatic heterocycles. The van der Waals surface area contributed by atoms with Crippen LogP contribution in [0.3, 0.4) is 0 Å². The number of nitrogens with zero attached hydrogens (tertiary/aromatic N) is 1. The van der Waals surface area contributed by atoms with Crippen LogP contribution >= 0.6 is 0 Å². The smallest absolute Gasteiger partial charge is 0.223 e. The second-order valence-corrected chi connectivity index (χ2v) is 4.13. The Morgan fingerprint density at radius 3 is 2.76 bits per heavy atom. The van der Waals surface area contributed by atoms with Crippen LogP contribution in [0, 0.1) is 6.92 Å². The zero-order valence-corrected chi connectivity index (χ0v) is 10.7. The van der Waals surface area contributed by atoms with E-state index >= 15 is 0 Å². The Hall–Kier alpha value is -1.58. The topological polar surface area (TPSA) is 48.3 Å². The van der Waals surface area contributed by atoms with Crippen LogP contribution in [0.2, 0.25) is 0 Å². The SMILES string of the molecule is CCCCOc1c(C)n(CC(C)=O)ccc1=O. The first-order valence-electron chi connectivity index (χ1n) is 5.88. The summed E-state index contributed by atoms with van der Waals surface area (Å²) in [6.45, 7) is 6.20. The van der Waals surface area contributed by atoms with Crippen molar-refractivity contribution in [2.24, 2.45) is 0 Å². The normalized spacial score (nSPS) is 10.3. The van der Waals surface area contributed by atoms with Crippen LogP contribution in [-0.2, 0) is 11.3 Å². The fourth-order valence-electron chi connectivity index (χ4n) is 1.56. The molecule has 0 radical (unpaired) electrons. The van der Waals surface area contributed by atoms with Gasteiger partial charge in [-0.25, -0.2) is 0 Å². The lowest BCUT2D eigenvalue weighted by atomic mass is 10.3. The van der Waals surface area contributed by atoms with E-state index in [0.29, 0.717) is 18.1 Å². The zero-order valence-electron chi connectivity index (χ0n) is 10.7. The number of carbonyl (C=O) groups excluding carboxylic acids is 1. The summed E-state index contributed by atoms with van der Waals surface area (Å²) >= 11 is 0. The number of carbonyl (C=O) groups is 1. The lowest BCUT2D eigenvalue weighted by Crippen LogP contribution is -2.17. The molecule has 4 heteroatoms. The molecule has 4 nitrogen and oxygen atoms in total. The zero-order chi connectivity index (χ0) is 12.8. The summed E-state index contributed by atoms with van der Waals surface area (Å²) in [5, 5.41) is 0. The second-order valence-electron chi connectivity index (χ2n) is 4.13. The highest BCUT2D eigenvalue weighted by molar-refractivity contribution is 5.75. The Kier molecular flexibility index (Phi) is 4.94. The minimum Gasteiger partial charge on any atom is -0.488 e. The Labute approximate surface area is 101 Å². The van der Waals surface area contributed by atoms with E-state index in [2.05, 4.69) is 6.92 Å². The van der Waals surface area contributed by atoms with E-state index in [4.69, 9.17) is 4.74 Å². The van der Waals surface area contributed by atoms with E-state index < -0.39 is 0 Å². The molecule has 0 aliphatic heterocycles.